The Bertz CT molecular complexity index is 930. The SMILES string of the molecule is COc1ccc(C(=O)N2CCN(c3ncnc4sc(C)cc34)CC2)cc1. The summed E-state index contributed by atoms with van der Waals surface area (Å²) in [6, 6.07) is 9.41. The number of carbonyl (C=O) groups excluding carboxylic acids is 1. The maximum Gasteiger partial charge on any atom is 0.253 e. The quantitative estimate of drug-likeness (QED) is 0.711. The third-order valence-corrected chi connectivity index (χ3v) is 5.59. The zero-order valence-electron chi connectivity index (χ0n) is 14.8. The fourth-order valence-corrected chi connectivity index (χ4v) is 4.09. The van der Waals surface area contributed by atoms with Crippen molar-refractivity contribution >= 4 is 33.3 Å². The van der Waals surface area contributed by atoms with Crippen molar-refractivity contribution in [2.24, 2.45) is 0 Å². The molecule has 0 aliphatic carbocycles. The highest BCUT2D eigenvalue weighted by atomic mass is 32.1. The Balaban J connectivity index is 1.47. The lowest BCUT2D eigenvalue weighted by Gasteiger charge is -2.35. The van der Waals surface area contributed by atoms with Gasteiger partial charge in [0, 0.05) is 36.6 Å². The van der Waals surface area contributed by atoms with Crippen molar-refractivity contribution in [1.82, 2.24) is 14.9 Å². The molecule has 0 spiro atoms. The standard InChI is InChI=1S/C19H20N4O2S/c1-13-11-16-17(20-12-21-18(16)26-13)22-7-9-23(10-8-22)19(24)14-3-5-15(25-2)6-4-14/h3-6,11-12H,7-10H2,1-2H3. The summed E-state index contributed by atoms with van der Waals surface area (Å²) >= 11 is 1.68. The van der Waals surface area contributed by atoms with E-state index in [0.29, 0.717) is 18.7 Å². The normalized spacial score (nSPS) is 14.7. The number of piperazine rings is 1. The number of hydrogen-bond acceptors (Lipinski definition) is 6. The molecule has 1 fully saturated rings. The van der Waals surface area contributed by atoms with Crippen LogP contribution in [0.5, 0.6) is 5.75 Å². The van der Waals surface area contributed by atoms with Crippen LogP contribution in [0.1, 0.15) is 15.2 Å². The maximum absolute atomic E-state index is 12.7. The minimum atomic E-state index is 0.0616. The molecule has 0 N–H and O–H groups in total. The summed E-state index contributed by atoms with van der Waals surface area (Å²) in [5, 5.41) is 1.10. The molecule has 0 saturated carbocycles. The number of rotatable bonds is 3. The van der Waals surface area contributed by atoms with Gasteiger partial charge in [-0.1, -0.05) is 0 Å². The topological polar surface area (TPSA) is 58.6 Å². The molecule has 1 aliphatic rings. The molecule has 3 heterocycles. The first-order valence-electron chi connectivity index (χ1n) is 8.55. The molecule has 4 rings (SSSR count). The van der Waals surface area contributed by atoms with Crippen LogP contribution in [0.3, 0.4) is 0 Å². The Hall–Kier alpha value is -2.67. The summed E-state index contributed by atoms with van der Waals surface area (Å²) < 4.78 is 5.15. The fourth-order valence-electron chi connectivity index (χ4n) is 3.25. The second-order valence-corrected chi connectivity index (χ2v) is 7.52. The summed E-state index contributed by atoms with van der Waals surface area (Å²) in [6.45, 7) is 4.98. The highest BCUT2D eigenvalue weighted by Gasteiger charge is 2.24. The number of ether oxygens (including phenoxy) is 1. The van der Waals surface area contributed by atoms with Crippen LogP contribution in [0.2, 0.25) is 0 Å². The van der Waals surface area contributed by atoms with Crippen LogP contribution in [0, 0.1) is 6.92 Å². The summed E-state index contributed by atoms with van der Waals surface area (Å²) in [7, 11) is 1.62. The number of anilines is 1. The van der Waals surface area contributed by atoms with Crippen LogP contribution in [0.15, 0.2) is 36.7 Å². The van der Waals surface area contributed by atoms with Crippen molar-refractivity contribution in [3.63, 3.8) is 0 Å². The van der Waals surface area contributed by atoms with Gasteiger partial charge in [0.25, 0.3) is 5.91 Å². The van der Waals surface area contributed by atoms with E-state index in [1.165, 1.54) is 4.88 Å². The molecule has 2 aromatic heterocycles. The molecule has 1 saturated heterocycles. The van der Waals surface area contributed by atoms with Gasteiger partial charge in [0.15, 0.2) is 0 Å². The van der Waals surface area contributed by atoms with E-state index in [2.05, 4.69) is 27.9 Å². The monoisotopic (exact) mass is 368 g/mol. The number of nitrogens with zero attached hydrogens (tertiary/aromatic N) is 4. The number of thiophene rings is 1. The number of benzene rings is 1. The van der Waals surface area contributed by atoms with Crippen LogP contribution >= 0.6 is 11.3 Å². The number of carbonyl (C=O) groups is 1. The van der Waals surface area contributed by atoms with Gasteiger partial charge in [0.05, 0.1) is 12.5 Å². The highest BCUT2D eigenvalue weighted by Crippen LogP contribution is 2.30. The summed E-state index contributed by atoms with van der Waals surface area (Å²) in [5.41, 5.74) is 0.692. The Morgan fingerprint density at radius 2 is 1.85 bits per heavy atom. The number of fused-ring (bicyclic) bond motifs is 1. The Kier molecular flexibility index (Phi) is 4.46. The Morgan fingerprint density at radius 1 is 1.12 bits per heavy atom. The first-order valence-corrected chi connectivity index (χ1v) is 9.37. The van der Waals surface area contributed by atoms with Crippen LogP contribution in [-0.4, -0.2) is 54.1 Å². The lowest BCUT2D eigenvalue weighted by Crippen LogP contribution is -2.49. The molecule has 0 radical (unpaired) electrons. The number of aryl methyl sites for hydroxylation is 1. The van der Waals surface area contributed by atoms with Gasteiger partial charge in [0.2, 0.25) is 0 Å². The molecular weight excluding hydrogens is 348 g/mol. The zero-order valence-corrected chi connectivity index (χ0v) is 15.6. The summed E-state index contributed by atoms with van der Waals surface area (Å²) in [4.78, 5) is 27.9. The van der Waals surface area contributed by atoms with E-state index in [0.717, 1.165) is 34.9 Å². The van der Waals surface area contributed by atoms with Crippen molar-refractivity contribution in [1.29, 1.82) is 0 Å². The average Bonchev–Trinajstić information content (AvgIpc) is 3.08. The largest absolute Gasteiger partial charge is 0.497 e. The van der Waals surface area contributed by atoms with E-state index in [1.54, 1.807) is 24.8 Å². The second-order valence-electron chi connectivity index (χ2n) is 6.28. The van der Waals surface area contributed by atoms with Crippen LogP contribution in [0.25, 0.3) is 10.2 Å². The van der Waals surface area contributed by atoms with E-state index in [1.807, 2.05) is 29.2 Å². The number of methoxy groups -OCH3 is 1. The van der Waals surface area contributed by atoms with Crippen molar-refractivity contribution in [3.8, 4) is 5.75 Å². The fraction of sp³-hybridized carbons (Fsp3) is 0.316. The first-order chi connectivity index (χ1) is 12.7. The molecule has 26 heavy (non-hydrogen) atoms. The van der Waals surface area contributed by atoms with E-state index in [9.17, 15) is 4.79 Å². The smallest absolute Gasteiger partial charge is 0.253 e. The van der Waals surface area contributed by atoms with E-state index in [-0.39, 0.29) is 5.91 Å². The molecule has 134 valence electrons. The molecular formula is C19H20N4O2S. The summed E-state index contributed by atoms with van der Waals surface area (Å²) in [6.07, 6.45) is 1.63. The minimum absolute atomic E-state index is 0.0616. The number of amides is 1. The van der Waals surface area contributed by atoms with Crippen molar-refractivity contribution in [2.45, 2.75) is 6.92 Å². The van der Waals surface area contributed by atoms with Crippen molar-refractivity contribution in [3.05, 3.63) is 47.1 Å². The number of hydrogen-bond donors (Lipinski definition) is 0. The molecule has 7 heteroatoms. The molecule has 0 atom stereocenters. The molecule has 1 aromatic carbocycles. The van der Waals surface area contributed by atoms with E-state index < -0.39 is 0 Å². The molecule has 0 unspecified atom stereocenters. The van der Waals surface area contributed by atoms with Gasteiger partial charge in [0.1, 0.15) is 22.7 Å². The maximum atomic E-state index is 12.7. The minimum Gasteiger partial charge on any atom is -0.497 e. The molecule has 0 bridgehead atoms. The lowest BCUT2D eigenvalue weighted by atomic mass is 10.1. The molecule has 1 aliphatic heterocycles. The van der Waals surface area contributed by atoms with Gasteiger partial charge in [-0.3, -0.25) is 4.79 Å². The molecule has 6 nitrogen and oxygen atoms in total. The van der Waals surface area contributed by atoms with Crippen LogP contribution in [0.4, 0.5) is 5.82 Å². The predicted octanol–water partition coefficient (Wildman–Crippen LogP) is 2.97. The van der Waals surface area contributed by atoms with Crippen molar-refractivity contribution < 1.29 is 9.53 Å². The predicted molar refractivity (Wildman–Crippen MR) is 103 cm³/mol. The summed E-state index contributed by atoms with van der Waals surface area (Å²) in [5.74, 6) is 1.78. The Morgan fingerprint density at radius 3 is 2.54 bits per heavy atom. The molecule has 1 amide bonds. The molecule has 3 aromatic rings. The second kappa shape index (κ2) is 6.92. The van der Waals surface area contributed by atoms with Crippen molar-refractivity contribution in [2.75, 3.05) is 38.2 Å². The number of aromatic nitrogens is 2. The average molecular weight is 368 g/mol. The first kappa shape index (κ1) is 16.8. The van der Waals surface area contributed by atoms with E-state index >= 15 is 0 Å². The van der Waals surface area contributed by atoms with Gasteiger partial charge in [-0.2, -0.15) is 0 Å². The lowest BCUT2D eigenvalue weighted by molar-refractivity contribution is 0.0746. The highest BCUT2D eigenvalue weighted by molar-refractivity contribution is 7.18. The van der Waals surface area contributed by atoms with Gasteiger partial charge in [-0.05, 0) is 37.3 Å². The van der Waals surface area contributed by atoms with Crippen LogP contribution in [-0.2, 0) is 0 Å². The Labute approximate surface area is 156 Å². The zero-order chi connectivity index (χ0) is 18.1. The van der Waals surface area contributed by atoms with E-state index in [4.69, 9.17) is 4.74 Å². The van der Waals surface area contributed by atoms with Gasteiger partial charge >= 0.3 is 0 Å². The van der Waals surface area contributed by atoms with Gasteiger partial charge in [-0.25, -0.2) is 9.97 Å². The van der Waals surface area contributed by atoms with Gasteiger partial charge < -0.3 is 14.5 Å². The van der Waals surface area contributed by atoms with Gasteiger partial charge in [-0.15, -0.1) is 11.3 Å². The van der Waals surface area contributed by atoms with Crippen LogP contribution < -0.4 is 9.64 Å². The third kappa shape index (κ3) is 3.10. The third-order valence-electron chi connectivity index (χ3n) is 4.63.